The molecule has 9 heteroatoms. The number of nitro groups is 1. The smallest absolute Gasteiger partial charge is 0.271 e. The molecule has 4 rings (SSSR count). The van der Waals surface area contributed by atoms with Crippen LogP contribution in [0.2, 0.25) is 5.02 Å². The quantitative estimate of drug-likeness (QED) is 0.162. The molecular formula is C27H19ClN4O3S. The zero-order chi connectivity index (χ0) is 25.7. The van der Waals surface area contributed by atoms with Gasteiger partial charge in [0.2, 0.25) is 5.91 Å². The van der Waals surface area contributed by atoms with Crippen LogP contribution in [0.25, 0.3) is 22.4 Å². The highest BCUT2D eigenvalue weighted by molar-refractivity contribution is 8.00. The van der Waals surface area contributed by atoms with E-state index in [0.29, 0.717) is 32.6 Å². The third kappa shape index (κ3) is 5.71. The Morgan fingerprint density at radius 2 is 1.78 bits per heavy atom. The number of hydrogen-bond acceptors (Lipinski definition) is 6. The Balaban J connectivity index is 1.70. The molecule has 178 valence electrons. The van der Waals surface area contributed by atoms with Gasteiger partial charge < -0.3 is 5.32 Å². The molecule has 0 saturated carbocycles. The summed E-state index contributed by atoms with van der Waals surface area (Å²) in [5.74, 6) is -0.371. The molecule has 0 spiro atoms. The number of carbonyl (C=O) groups excluding carboxylic acids is 1. The van der Waals surface area contributed by atoms with Crippen molar-refractivity contribution in [2.75, 3.05) is 5.32 Å². The van der Waals surface area contributed by atoms with Gasteiger partial charge in [0.1, 0.15) is 11.1 Å². The van der Waals surface area contributed by atoms with E-state index in [0.717, 1.165) is 22.9 Å². The summed E-state index contributed by atoms with van der Waals surface area (Å²) in [7, 11) is 0. The maximum absolute atomic E-state index is 12.9. The van der Waals surface area contributed by atoms with Crippen LogP contribution < -0.4 is 5.32 Å². The van der Waals surface area contributed by atoms with Gasteiger partial charge >= 0.3 is 0 Å². The van der Waals surface area contributed by atoms with Crippen molar-refractivity contribution in [3.63, 3.8) is 0 Å². The number of nitrogens with one attached hydrogen (secondary N) is 1. The van der Waals surface area contributed by atoms with Crippen molar-refractivity contribution in [1.29, 1.82) is 5.26 Å². The average molecular weight is 515 g/mol. The summed E-state index contributed by atoms with van der Waals surface area (Å²) >= 11 is 7.20. The fourth-order valence-corrected chi connectivity index (χ4v) is 4.54. The number of non-ortho nitro benzene ring substituents is 1. The minimum atomic E-state index is -0.645. The van der Waals surface area contributed by atoms with Gasteiger partial charge in [-0.2, -0.15) is 5.26 Å². The number of pyridine rings is 1. The van der Waals surface area contributed by atoms with Crippen LogP contribution in [0.3, 0.4) is 0 Å². The number of aromatic nitrogens is 1. The van der Waals surface area contributed by atoms with Crippen molar-refractivity contribution in [3.8, 4) is 28.5 Å². The van der Waals surface area contributed by atoms with Gasteiger partial charge in [0.05, 0.1) is 21.4 Å². The Morgan fingerprint density at radius 3 is 2.44 bits per heavy atom. The lowest BCUT2D eigenvalue weighted by molar-refractivity contribution is -0.384. The zero-order valence-corrected chi connectivity index (χ0v) is 20.6. The number of nitrogens with zero attached hydrogens (tertiary/aromatic N) is 3. The molecule has 0 aliphatic rings. The van der Waals surface area contributed by atoms with Crippen LogP contribution in [-0.4, -0.2) is 21.1 Å². The van der Waals surface area contributed by atoms with Gasteiger partial charge in [-0.25, -0.2) is 4.98 Å². The SMILES string of the molecule is C[C@H](Sc1nc(-c2ccc(Cl)cc2)cc(-c2ccccc2)c1C#N)C(=O)Nc1cccc([N+](=O)[O-])c1. The molecule has 0 aliphatic carbocycles. The lowest BCUT2D eigenvalue weighted by atomic mass is 9.99. The topological polar surface area (TPSA) is 109 Å². The second-order valence-electron chi connectivity index (χ2n) is 7.78. The third-order valence-electron chi connectivity index (χ3n) is 5.30. The molecule has 1 N–H and O–H groups in total. The zero-order valence-electron chi connectivity index (χ0n) is 19.0. The van der Waals surface area contributed by atoms with Gasteiger partial charge in [-0.3, -0.25) is 14.9 Å². The van der Waals surface area contributed by atoms with E-state index in [4.69, 9.17) is 16.6 Å². The highest BCUT2D eigenvalue weighted by atomic mass is 35.5. The molecule has 0 fully saturated rings. The molecule has 0 bridgehead atoms. The minimum Gasteiger partial charge on any atom is -0.325 e. The highest BCUT2D eigenvalue weighted by Gasteiger charge is 2.22. The Bertz CT molecular complexity index is 1470. The summed E-state index contributed by atoms with van der Waals surface area (Å²) in [4.78, 5) is 28.2. The maximum Gasteiger partial charge on any atom is 0.271 e. The van der Waals surface area contributed by atoms with Crippen LogP contribution in [0.1, 0.15) is 12.5 Å². The van der Waals surface area contributed by atoms with Crippen LogP contribution in [-0.2, 0) is 4.79 Å². The monoisotopic (exact) mass is 514 g/mol. The largest absolute Gasteiger partial charge is 0.325 e. The predicted molar refractivity (Wildman–Crippen MR) is 142 cm³/mol. The fourth-order valence-electron chi connectivity index (χ4n) is 3.49. The first-order valence-corrected chi connectivity index (χ1v) is 12.1. The number of amides is 1. The normalized spacial score (nSPS) is 11.4. The van der Waals surface area contributed by atoms with Crippen LogP contribution in [0, 0.1) is 21.4 Å². The van der Waals surface area contributed by atoms with Crippen LogP contribution in [0.15, 0.2) is 90.0 Å². The first kappa shape index (κ1) is 24.9. The summed E-state index contributed by atoms with van der Waals surface area (Å²) in [5, 5.41) is 24.1. The molecule has 1 amide bonds. The van der Waals surface area contributed by atoms with Crippen LogP contribution in [0.4, 0.5) is 11.4 Å². The molecule has 1 atom stereocenters. The second-order valence-corrected chi connectivity index (χ2v) is 9.54. The van der Waals surface area contributed by atoms with Gasteiger partial charge in [-0.1, -0.05) is 71.9 Å². The maximum atomic E-state index is 12.9. The fraction of sp³-hybridized carbons (Fsp3) is 0.0741. The van der Waals surface area contributed by atoms with Crippen molar-refractivity contribution in [2.45, 2.75) is 17.2 Å². The molecule has 0 saturated heterocycles. The van der Waals surface area contributed by atoms with E-state index in [2.05, 4.69) is 11.4 Å². The van der Waals surface area contributed by atoms with E-state index in [1.54, 1.807) is 25.1 Å². The number of anilines is 1. The Kier molecular flexibility index (Phi) is 7.64. The second kappa shape index (κ2) is 11.0. The van der Waals surface area contributed by atoms with Crippen LogP contribution >= 0.6 is 23.4 Å². The minimum absolute atomic E-state index is 0.121. The Morgan fingerprint density at radius 1 is 1.06 bits per heavy atom. The molecule has 1 heterocycles. The lowest BCUT2D eigenvalue weighted by Crippen LogP contribution is -2.22. The summed E-state index contributed by atoms with van der Waals surface area (Å²) in [5.41, 5.74) is 3.56. The molecule has 0 aliphatic heterocycles. The molecule has 3 aromatic carbocycles. The van der Waals surface area contributed by atoms with Gasteiger partial charge in [0.15, 0.2) is 0 Å². The Labute approximate surface area is 216 Å². The molecule has 4 aromatic rings. The number of carbonyl (C=O) groups is 1. The van der Waals surface area contributed by atoms with Gasteiger partial charge in [0, 0.05) is 34.0 Å². The number of benzene rings is 3. The first-order valence-electron chi connectivity index (χ1n) is 10.8. The van der Waals surface area contributed by atoms with Gasteiger partial charge in [-0.15, -0.1) is 0 Å². The van der Waals surface area contributed by atoms with Crippen molar-refractivity contribution < 1.29 is 9.72 Å². The first-order chi connectivity index (χ1) is 17.4. The van der Waals surface area contributed by atoms with Gasteiger partial charge in [-0.05, 0) is 36.8 Å². The molecule has 0 radical (unpaired) electrons. The van der Waals surface area contributed by atoms with Crippen molar-refractivity contribution >= 4 is 40.6 Å². The number of nitriles is 1. The summed E-state index contributed by atoms with van der Waals surface area (Å²) in [6, 6.07) is 26.6. The van der Waals surface area contributed by atoms with E-state index < -0.39 is 10.2 Å². The molecule has 1 aromatic heterocycles. The predicted octanol–water partition coefficient (Wildman–Crippen LogP) is 6.97. The summed E-state index contributed by atoms with van der Waals surface area (Å²) in [6.07, 6.45) is 0. The van der Waals surface area contributed by atoms with E-state index in [9.17, 15) is 20.2 Å². The van der Waals surface area contributed by atoms with Gasteiger partial charge in [0.25, 0.3) is 5.69 Å². The van der Waals surface area contributed by atoms with Crippen molar-refractivity contribution in [1.82, 2.24) is 4.98 Å². The van der Waals surface area contributed by atoms with E-state index in [-0.39, 0.29) is 11.6 Å². The lowest BCUT2D eigenvalue weighted by Gasteiger charge is -2.16. The molecule has 36 heavy (non-hydrogen) atoms. The van der Waals surface area contributed by atoms with Crippen LogP contribution in [0.5, 0.6) is 0 Å². The number of hydrogen-bond donors (Lipinski definition) is 1. The highest BCUT2D eigenvalue weighted by Crippen LogP contribution is 2.36. The molecule has 7 nitrogen and oxygen atoms in total. The average Bonchev–Trinajstić information content (AvgIpc) is 2.89. The number of nitro benzene ring substituents is 1. The Hall–Kier alpha value is -4.19. The number of thioether (sulfide) groups is 1. The number of halogens is 1. The van der Waals surface area contributed by atoms with Crippen molar-refractivity contribution in [2.24, 2.45) is 0 Å². The molecule has 0 unspecified atom stereocenters. The van der Waals surface area contributed by atoms with E-state index >= 15 is 0 Å². The summed E-state index contributed by atoms with van der Waals surface area (Å²) in [6.45, 7) is 1.69. The third-order valence-corrected chi connectivity index (χ3v) is 6.64. The standard InChI is InChI=1S/C27H19ClN4O3S/c1-17(26(33)30-21-8-5-9-22(14-21)32(34)35)36-27-24(16-29)23(18-6-3-2-4-7-18)15-25(31-27)19-10-12-20(28)13-11-19/h2-15,17H,1H3,(H,30,33)/t17-/m0/s1. The van der Waals surface area contributed by atoms with E-state index in [1.165, 1.54) is 18.2 Å². The van der Waals surface area contributed by atoms with E-state index in [1.807, 2.05) is 48.5 Å². The molecular weight excluding hydrogens is 496 g/mol. The summed E-state index contributed by atoms with van der Waals surface area (Å²) < 4.78 is 0. The number of rotatable bonds is 7. The van der Waals surface area contributed by atoms with Crippen molar-refractivity contribution in [3.05, 3.63) is 106 Å².